The first-order chi connectivity index (χ1) is 11.4. The summed E-state index contributed by atoms with van der Waals surface area (Å²) >= 11 is 0. The van der Waals surface area contributed by atoms with Crippen LogP contribution in [0.3, 0.4) is 0 Å². The summed E-state index contributed by atoms with van der Waals surface area (Å²) in [5, 5.41) is 8.77. The average molecular weight is 303 g/mol. The van der Waals surface area contributed by atoms with Crippen molar-refractivity contribution in [1.82, 2.24) is 15.0 Å². The second-order valence-corrected chi connectivity index (χ2v) is 6.31. The maximum atomic E-state index is 4.44. The van der Waals surface area contributed by atoms with Gasteiger partial charge in [0.05, 0.1) is 11.2 Å². The fraction of sp³-hybridized carbons (Fsp3) is 0.300. The van der Waals surface area contributed by atoms with Gasteiger partial charge < -0.3 is 0 Å². The number of hydrogen-bond acceptors (Lipinski definition) is 2. The second kappa shape index (κ2) is 6.37. The van der Waals surface area contributed by atoms with E-state index in [-0.39, 0.29) is 0 Å². The second-order valence-electron chi connectivity index (χ2n) is 6.31. The number of para-hydroxylation sites is 1. The lowest BCUT2D eigenvalue weighted by Gasteiger charge is -2.20. The molecule has 0 spiro atoms. The molecular weight excluding hydrogens is 282 g/mol. The molecule has 3 nitrogen and oxygen atoms in total. The van der Waals surface area contributed by atoms with Crippen LogP contribution in [0.4, 0.5) is 0 Å². The zero-order valence-electron chi connectivity index (χ0n) is 13.2. The van der Waals surface area contributed by atoms with Gasteiger partial charge in [0.2, 0.25) is 0 Å². The molecule has 0 radical (unpaired) electrons. The molecule has 1 saturated carbocycles. The Morgan fingerprint density at radius 1 is 0.913 bits per heavy atom. The van der Waals surface area contributed by atoms with E-state index in [9.17, 15) is 0 Å². The van der Waals surface area contributed by atoms with Crippen molar-refractivity contribution < 1.29 is 0 Å². The van der Waals surface area contributed by atoms with E-state index in [1.54, 1.807) is 0 Å². The molecule has 1 aliphatic carbocycles. The Morgan fingerprint density at radius 2 is 1.65 bits per heavy atom. The molecule has 23 heavy (non-hydrogen) atoms. The van der Waals surface area contributed by atoms with Crippen molar-refractivity contribution in [3.05, 3.63) is 66.2 Å². The molecule has 1 aromatic heterocycles. The van der Waals surface area contributed by atoms with Crippen LogP contribution in [0, 0.1) is 5.92 Å². The molecule has 1 heterocycles. The normalized spacial score (nSPS) is 16.8. The Morgan fingerprint density at radius 3 is 2.48 bits per heavy atom. The summed E-state index contributed by atoms with van der Waals surface area (Å²) in [7, 11) is 0. The highest BCUT2D eigenvalue weighted by Crippen LogP contribution is 2.29. The van der Waals surface area contributed by atoms with Crippen LogP contribution in [0.15, 0.2) is 60.7 Å². The molecule has 1 fully saturated rings. The quantitative estimate of drug-likeness (QED) is 0.689. The summed E-state index contributed by atoms with van der Waals surface area (Å²) in [6.45, 7) is 0. The van der Waals surface area contributed by atoms with Crippen LogP contribution in [0.1, 0.15) is 37.7 Å². The van der Waals surface area contributed by atoms with Gasteiger partial charge in [-0.05, 0) is 36.5 Å². The zero-order valence-corrected chi connectivity index (χ0v) is 13.2. The molecule has 0 atom stereocenters. The number of benzene rings is 2. The summed E-state index contributed by atoms with van der Waals surface area (Å²) in [5.41, 5.74) is 4.37. The third kappa shape index (κ3) is 2.91. The van der Waals surface area contributed by atoms with Crippen molar-refractivity contribution in [2.45, 2.75) is 32.1 Å². The Kier molecular flexibility index (Phi) is 3.93. The lowest BCUT2D eigenvalue weighted by atomic mass is 9.88. The molecule has 0 N–H and O–H groups in total. The first kappa shape index (κ1) is 14.2. The largest absolute Gasteiger partial charge is 0.213 e. The van der Waals surface area contributed by atoms with E-state index in [4.69, 9.17) is 0 Å². The number of nitrogens with zero attached hydrogens (tertiary/aromatic N) is 3. The smallest absolute Gasteiger partial charge is 0.113 e. The summed E-state index contributed by atoms with van der Waals surface area (Å²) in [4.78, 5) is 0. The third-order valence-electron chi connectivity index (χ3n) is 4.69. The van der Waals surface area contributed by atoms with E-state index in [2.05, 4.69) is 52.8 Å². The molecule has 0 amide bonds. The molecular formula is C20H21N3. The van der Waals surface area contributed by atoms with Crippen LogP contribution in [0.2, 0.25) is 0 Å². The molecule has 3 aromatic rings. The van der Waals surface area contributed by atoms with E-state index in [1.165, 1.54) is 37.7 Å². The highest BCUT2D eigenvalue weighted by molar-refractivity contribution is 5.81. The molecule has 3 heteroatoms. The fourth-order valence-corrected chi connectivity index (χ4v) is 3.47. The minimum Gasteiger partial charge on any atom is -0.213 e. The maximum Gasteiger partial charge on any atom is 0.113 e. The van der Waals surface area contributed by atoms with Gasteiger partial charge in [-0.1, -0.05) is 73.0 Å². The van der Waals surface area contributed by atoms with Gasteiger partial charge in [0.25, 0.3) is 0 Å². The number of allylic oxidation sites excluding steroid dienone is 1. The van der Waals surface area contributed by atoms with Crippen LogP contribution in [-0.4, -0.2) is 15.0 Å². The number of rotatable bonds is 3. The molecule has 0 unspecified atom stereocenters. The number of aromatic nitrogens is 3. The van der Waals surface area contributed by atoms with E-state index in [1.807, 2.05) is 22.9 Å². The van der Waals surface area contributed by atoms with E-state index in [0.717, 1.165) is 16.7 Å². The van der Waals surface area contributed by atoms with Gasteiger partial charge in [-0.3, -0.25) is 0 Å². The molecule has 0 saturated heterocycles. The van der Waals surface area contributed by atoms with Crippen molar-refractivity contribution in [3.8, 4) is 0 Å². The fourth-order valence-electron chi connectivity index (χ4n) is 3.47. The number of fused-ring (bicyclic) bond motifs is 1. The van der Waals surface area contributed by atoms with Gasteiger partial charge in [0, 0.05) is 0 Å². The third-order valence-corrected chi connectivity index (χ3v) is 4.69. The minimum atomic E-state index is 0.641. The van der Waals surface area contributed by atoms with Gasteiger partial charge in [-0.25, -0.2) is 4.68 Å². The topological polar surface area (TPSA) is 30.7 Å². The molecule has 116 valence electrons. The minimum absolute atomic E-state index is 0.641. The van der Waals surface area contributed by atoms with Crippen molar-refractivity contribution >= 4 is 16.7 Å². The Balaban J connectivity index is 1.83. The van der Waals surface area contributed by atoms with Crippen LogP contribution < -0.4 is 0 Å². The summed E-state index contributed by atoms with van der Waals surface area (Å²) in [6, 6.07) is 18.7. The average Bonchev–Trinajstić information content (AvgIpc) is 3.05. The van der Waals surface area contributed by atoms with Crippen LogP contribution in [0.5, 0.6) is 0 Å². The molecule has 2 aromatic carbocycles. The Labute approximate surface area is 136 Å². The van der Waals surface area contributed by atoms with Gasteiger partial charge in [0.1, 0.15) is 5.52 Å². The van der Waals surface area contributed by atoms with Crippen LogP contribution in [-0.2, 0) is 0 Å². The lowest BCUT2D eigenvalue weighted by molar-refractivity contribution is 0.419. The zero-order chi connectivity index (χ0) is 15.5. The highest BCUT2D eigenvalue weighted by atomic mass is 15.4. The molecule has 0 aliphatic heterocycles. The number of hydrogen-bond donors (Lipinski definition) is 0. The van der Waals surface area contributed by atoms with Gasteiger partial charge in [-0.15, -0.1) is 5.10 Å². The van der Waals surface area contributed by atoms with Gasteiger partial charge >= 0.3 is 0 Å². The summed E-state index contributed by atoms with van der Waals surface area (Å²) in [6.07, 6.45) is 9.02. The van der Waals surface area contributed by atoms with Crippen molar-refractivity contribution in [2.24, 2.45) is 5.92 Å². The van der Waals surface area contributed by atoms with Gasteiger partial charge in [-0.2, -0.15) is 0 Å². The summed E-state index contributed by atoms with van der Waals surface area (Å²) in [5.74, 6) is 0.641. The van der Waals surface area contributed by atoms with Crippen LogP contribution in [0.25, 0.3) is 16.7 Å². The van der Waals surface area contributed by atoms with Crippen LogP contribution >= 0.6 is 0 Å². The Bertz CT molecular complexity index is 811. The lowest BCUT2D eigenvalue weighted by Crippen LogP contribution is -2.08. The first-order valence-corrected chi connectivity index (χ1v) is 8.50. The van der Waals surface area contributed by atoms with E-state index >= 15 is 0 Å². The van der Waals surface area contributed by atoms with Crippen molar-refractivity contribution in [1.29, 1.82) is 0 Å². The molecule has 0 bridgehead atoms. The van der Waals surface area contributed by atoms with Crippen molar-refractivity contribution in [3.63, 3.8) is 0 Å². The standard InChI is InChI=1S/C20H21N3/c1-3-9-16(10-4-1)15-20(17-11-5-2-6-12-17)23-19-14-8-7-13-18(19)21-22-23/h2,5-8,11-16H,1,3-4,9-10H2/b20-15-. The monoisotopic (exact) mass is 303 g/mol. The van der Waals surface area contributed by atoms with Crippen molar-refractivity contribution in [2.75, 3.05) is 0 Å². The molecule has 1 aliphatic rings. The maximum absolute atomic E-state index is 4.44. The first-order valence-electron chi connectivity index (χ1n) is 8.50. The molecule has 4 rings (SSSR count). The summed E-state index contributed by atoms with van der Waals surface area (Å²) < 4.78 is 2.00. The van der Waals surface area contributed by atoms with E-state index in [0.29, 0.717) is 5.92 Å². The predicted molar refractivity (Wildman–Crippen MR) is 93.9 cm³/mol. The van der Waals surface area contributed by atoms with E-state index < -0.39 is 0 Å². The Hall–Kier alpha value is -2.42. The SMILES string of the molecule is C(=C(\c1ccccc1)n1nnc2ccccc21)/C1CCCCC1. The predicted octanol–water partition coefficient (Wildman–Crippen LogP) is 4.90. The highest BCUT2D eigenvalue weighted by Gasteiger charge is 2.16. The van der Waals surface area contributed by atoms with Gasteiger partial charge in [0.15, 0.2) is 0 Å².